The van der Waals surface area contributed by atoms with E-state index in [1.165, 1.54) is 14.1 Å². The number of barbiturate groups is 1. The summed E-state index contributed by atoms with van der Waals surface area (Å²) in [6.45, 7) is 0.781. The number of nitrogens with zero attached hydrogens (tertiary/aromatic N) is 3. The molecule has 0 bridgehead atoms. The van der Waals surface area contributed by atoms with Crippen molar-refractivity contribution >= 4 is 46.6 Å². The molecule has 0 saturated carbocycles. The second-order valence-corrected chi connectivity index (χ2v) is 8.32. The fourth-order valence-electron chi connectivity index (χ4n) is 4.95. The summed E-state index contributed by atoms with van der Waals surface area (Å²) < 4.78 is 0. The average Bonchev–Trinajstić information content (AvgIpc) is 2.74. The predicted molar refractivity (Wildman–Crippen MR) is 114 cm³/mol. The van der Waals surface area contributed by atoms with Gasteiger partial charge in [0.15, 0.2) is 10.5 Å². The SMILES string of the molecule is CNC(=S)Nc1ccc2c(c1)CC1(C(=O)N(C)C(=O)N(C)C1=O)C1CCCCN21. The van der Waals surface area contributed by atoms with Crippen molar-refractivity contribution in [3.8, 4) is 0 Å². The standard InChI is InChI=1S/C20H25N5O3S/c1-21-18(29)22-13-7-8-14-12(10-13)11-20(15-6-4-5-9-25(14)15)16(26)23(2)19(28)24(3)17(20)27/h7-8,10,15H,4-6,9,11H2,1-3H3,(H2,21,22,29). The molecule has 154 valence electrons. The second kappa shape index (κ2) is 6.98. The molecule has 1 spiro atoms. The quantitative estimate of drug-likeness (QED) is 0.532. The number of amides is 4. The molecule has 1 aromatic carbocycles. The van der Waals surface area contributed by atoms with Crippen LogP contribution in [0, 0.1) is 5.41 Å². The zero-order chi connectivity index (χ0) is 20.9. The third-order valence-corrected chi connectivity index (χ3v) is 6.67. The van der Waals surface area contributed by atoms with Crippen LogP contribution in [0.2, 0.25) is 0 Å². The first-order valence-corrected chi connectivity index (χ1v) is 10.2. The second-order valence-electron chi connectivity index (χ2n) is 7.91. The minimum Gasteiger partial charge on any atom is -0.367 e. The van der Waals surface area contributed by atoms with Gasteiger partial charge in [-0.3, -0.25) is 19.4 Å². The molecule has 0 aliphatic carbocycles. The van der Waals surface area contributed by atoms with E-state index < -0.39 is 23.3 Å². The maximum Gasteiger partial charge on any atom is 0.332 e. The predicted octanol–water partition coefficient (Wildman–Crippen LogP) is 1.55. The number of fused-ring (bicyclic) bond motifs is 4. The normalized spacial score (nSPS) is 23.1. The van der Waals surface area contributed by atoms with E-state index in [-0.39, 0.29) is 12.5 Å². The summed E-state index contributed by atoms with van der Waals surface area (Å²) in [5.74, 6) is -0.811. The van der Waals surface area contributed by atoms with Gasteiger partial charge < -0.3 is 15.5 Å². The fourth-order valence-corrected chi connectivity index (χ4v) is 5.07. The lowest BCUT2D eigenvalue weighted by Gasteiger charge is -2.54. The van der Waals surface area contributed by atoms with Gasteiger partial charge in [0.05, 0.1) is 6.04 Å². The van der Waals surface area contributed by atoms with Gasteiger partial charge >= 0.3 is 6.03 Å². The number of thiocarbonyl (C=S) groups is 1. The summed E-state index contributed by atoms with van der Waals surface area (Å²) in [4.78, 5) is 43.6. The molecule has 2 N–H and O–H groups in total. The summed E-state index contributed by atoms with van der Waals surface area (Å²) in [5.41, 5.74) is 1.46. The summed E-state index contributed by atoms with van der Waals surface area (Å²) >= 11 is 5.19. The number of urea groups is 1. The minimum absolute atomic E-state index is 0.251. The van der Waals surface area contributed by atoms with E-state index in [0.29, 0.717) is 5.11 Å². The lowest BCUT2D eigenvalue weighted by molar-refractivity contribution is -0.159. The Morgan fingerprint density at radius 1 is 1.14 bits per heavy atom. The maximum absolute atomic E-state index is 13.4. The van der Waals surface area contributed by atoms with Gasteiger partial charge in [-0.05, 0) is 61.7 Å². The number of hydrogen-bond donors (Lipinski definition) is 2. The molecule has 0 aromatic heterocycles. The van der Waals surface area contributed by atoms with Gasteiger partial charge in [0.2, 0.25) is 11.8 Å². The van der Waals surface area contributed by atoms with Crippen LogP contribution in [0.5, 0.6) is 0 Å². The molecule has 29 heavy (non-hydrogen) atoms. The molecular formula is C20H25N5O3S. The highest BCUT2D eigenvalue weighted by Crippen LogP contribution is 2.49. The van der Waals surface area contributed by atoms with Crippen LogP contribution in [0.4, 0.5) is 16.2 Å². The van der Waals surface area contributed by atoms with Crippen molar-refractivity contribution in [1.29, 1.82) is 0 Å². The van der Waals surface area contributed by atoms with Gasteiger partial charge in [0, 0.05) is 39.1 Å². The molecule has 3 heterocycles. The number of piperidine rings is 1. The number of anilines is 2. The van der Waals surface area contributed by atoms with E-state index >= 15 is 0 Å². The summed E-state index contributed by atoms with van der Waals surface area (Å²) in [5, 5.41) is 6.47. The molecule has 0 radical (unpaired) electrons. The first kappa shape index (κ1) is 19.6. The van der Waals surface area contributed by atoms with Gasteiger partial charge in [-0.2, -0.15) is 0 Å². The average molecular weight is 416 g/mol. The lowest BCUT2D eigenvalue weighted by atomic mass is 9.66. The van der Waals surface area contributed by atoms with Gasteiger partial charge in [-0.1, -0.05) is 0 Å². The van der Waals surface area contributed by atoms with Crippen molar-refractivity contribution in [2.45, 2.75) is 31.7 Å². The van der Waals surface area contributed by atoms with Crippen LogP contribution in [-0.2, 0) is 16.0 Å². The molecule has 2 saturated heterocycles. The highest BCUT2D eigenvalue weighted by atomic mass is 32.1. The number of nitrogens with one attached hydrogen (secondary N) is 2. The van der Waals surface area contributed by atoms with Crippen LogP contribution in [0.3, 0.4) is 0 Å². The van der Waals surface area contributed by atoms with Crippen molar-refractivity contribution in [2.24, 2.45) is 5.41 Å². The summed E-state index contributed by atoms with van der Waals surface area (Å²) in [7, 11) is 4.66. The van der Waals surface area contributed by atoms with E-state index in [9.17, 15) is 14.4 Å². The van der Waals surface area contributed by atoms with E-state index in [1.54, 1.807) is 7.05 Å². The van der Waals surface area contributed by atoms with Crippen molar-refractivity contribution in [2.75, 3.05) is 37.9 Å². The zero-order valence-corrected chi connectivity index (χ0v) is 17.6. The smallest absolute Gasteiger partial charge is 0.332 e. The zero-order valence-electron chi connectivity index (χ0n) is 16.8. The Labute approximate surface area is 175 Å². The van der Waals surface area contributed by atoms with Crippen molar-refractivity contribution in [1.82, 2.24) is 15.1 Å². The van der Waals surface area contributed by atoms with Crippen LogP contribution < -0.4 is 15.5 Å². The van der Waals surface area contributed by atoms with Crippen LogP contribution in [-0.4, -0.2) is 66.5 Å². The van der Waals surface area contributed by atoms with Gasteiger partial charge in [-0.15, -0.1) is 0 Å². The first-order chi connectivity index (χ1) is 13.8. The fraction of sp³-hybridized carbons (Fsp3) is 0.500. The van der Waals surface area contributed by atoms with Crippen molar-refractivity contribution in [3.05, 3.63) is 23.8 Å². The number of hydrogen-bond acceptors (Lipinski definition) is 5. The van der Waals surface area contributed by atoms with E-state index in [0.717, 1.165) is 52.5 Å². The Morgan fingerprint density at radius 2 is 1.83 bits per heavy atom. The molecule has 4 rings (SSSR count). The summed E-state index contributed by atoms with van der Waals surface area (Å²) in [6.07, 6.45) is 2.97. The topological polar surface area (TPSA) is 85.0 Å². The first-order valence-electron chi connectivity index (χ1n) is 9.80. The Balaban J connectivity index is 1.84. The lowest BCUT2D eigenvalue weighted by Crippen LogP contribution is -2.72. The Morgan fingerprint density at radius 3 is 2.48 bits per heavy atom. The molecule has 8 nitrogen and oxygen atoms in total. The Hall–Kier alpha value is -2.68. The Kier molecular flexibility index (Phi) is 4.72. The van der Waals surface area contributed by atoms with Gasteiger partial charge in [0.1, 0.15) is 0 Å². The largest absolute Gasteiger partial charge is 0.367 e. The number of carbonyl (C=O) groups excluding carboxylic acids is 3. The van der Waals surface area contributed by atoms with E-state index in [1.807, 2.05) is 18.2 Å². The van der Waals surface area contributed by atoms with Crippen molar-refractivity contribution < 1.29 is 14.4 Å². The van der Waals surface area contributed by atoms with Crippen molar-refractivity contribution in [3.63, 3.8) is 0 Å². The third-order valence-electron chi connectivity index (χ3n) is 6.36. The van der Waals surface area contributed by atoms with Crippen LogP contribution in [0.25, 0.3) is 0 Å². The molecule has 2 fully saturated rings. The molecule has 1 atom stereocenters. The van der Waals surface area contributed by atoms with E-state index in [4.69, 9.17) is 12.2 Å². The highest BCUT2D eigenvalue weighted by molar-refractivity contribution is 7.80. The van der Waals surface area contributed by atoms with Crippen LogP contribution in [0.15, 0.2) is 18.2 Å². The Bertz CT molecular complexity index is 893. The molecular weight excluding hydrogens is 390 g/mol. The molecule has 4 amide bonds. The number of rotatable bonds is 1. The van der Waals surface area contributed by atoms with Gasteiger partial charge in [-0.25, -0.2) is 4.79 Å². The minimum atomic E-state index is -1.28. The maximum atomic E-state index is 13.4. The number of imide groups is 2. The molecule has 9 heteroatoms. The molecule has 1 aromatic rings. The monoisotopic (exact) mass is 415 g/mol. The number of benzene rings is 1. The number of carbonyl (C=O) groups is 3. The third kappa shape index (κ3) is 2.78. The van der Waals surface area contributed by atoms with Gasteiger partial charge in [0.25, 0.3) is 0 Å². The van der Waals surface area contributed by atoms with Crippen LogP contribution in [0.1, 0.15) is 24.8 Å². The molecule has 3 aliphatic rings. The highest BCUT2D eigenvalue weighted by Gasteiger charge is 2.63. The summed E-state index contributed by atoms with van der Waals surface area (Å²) in [6, 6.07) is 5.10. The molecule has 1 unspecified atom stereocenters. The van der Waals surface area contributed by atoms with E-state index in [2.05, 4.69) is 15.5 Å². The van der Waals surface area contributed by atoms with Crippen LogP contribution >= 0.6 is 12.2 Å². The molecule has 3 aliphatic heterocycles.